The molecule has 3 atom stereocenters. The number of nitrogen functional groups attached to an aromatic ring is 1. The molecule has 2 aliphatic heterocycles. The molecule has 1 aromatic carbocycles. The minimum absolute atomic E-state index is 0.0646. The van der Waals surface area contributed by atoms with Crippen LogP contribution in [0.5, 0.6) is 0 Å². The Labute approximate surface area is 174 Å². The molecular weight excluding hydrogens is 397 g/mol. The van der Waals surface area contributed by atoms with Crippen LogP contribution in [0.1, 0.15) is 39.7 Å². The number of halogens is 1. The average molecular weight is 426 g/mol. The predicted octanol–water partition coefficient (Wildman–Crippen LogP) is 3.02. The van der Waals surface area contributed by atoms with Gasteiger partial charge in [0.25, 0.3) is 0 Å². The number of rotatable bonds is 2. The molecule has 9 heteroatoms. The first kappa shape index (κ1) is 21.9. The maximum Gasteiger partial charge on any atom is 0.413 e. The Bertz CT molecular complexity index is 828. The summed E-state index contributed by atoms with van der Waals surface area (Å²) in [5.41, 5.74) is 4.42. The third kappa shape index (κ3) is 4.36. The van der Waals surface area contributed by atoms with Crippen LogP contribution < -0.4 is 11.1 Å². The SMILES string of the molecule is CC(C)(C)OC(=O)NC1=N[C@@]2(c3cc(N)ccc3F)CO[C@@H](CO)C[C@@]2(C)CS1. The van der Waals surface area contributed by atoms with Crippen molar-refractivity contribution in [1.82, 2.24) is 5.32 Å². The molecule has 0 saturated carbocycles. The van der Waals surface area contributed by atoms with Crippen molar-refractivity contribution in [1.29, 1.82) is 0 Å². The van der Waals surface area contributed by atoms with Crippen molar-refractivity contribution in [2.45, 2.75) is 51.4 Å². The molecule has 1 amide bonds. The van der Waals surface area contributed by atoms with Gasteiger partial charge in [-0.25, -0.2) is 14.2 Å². The molecular formula is C20H28FN3O4S. The van der Waals surface area contributed by atoms with Gasteiger partial charge in [0, 0.05) is 22.4 Å². The van der Waals surface area contributed by atoms with Gasteiger partial charge in [0.1, 0.15) is 17.0 Å². The number of carbonyl (C=O) groups is 1. The molecule has 1 saturated heterocycles. The number of amidine groups is 1. The Morgan fingerprint density at radius 2 is 2.24 bits per heavy atom. The van der Waals surface area contributed by atoms with Gasteiger partial charge in [-0.2, -0.15) is 0 Å². The van der Waals surface area contributed by atoms with Gasteiger partial charge in [0.15, 0.2) is 5.17 Å². The Balaban J connectivity index is 2.04. The number of benzene rings is 1. The number of nitrogens with one attached hydrogen (secondary N) is 1. The van der Waals surface area contributed by atoms with Gasteiger partial charge in [-0.3, -0.25) is 5.32 Å². The van der Waals surface area contributed by atoms with Crippen LogP contribution in [0, 0.1) is 11.2 Å². The van der Waals surface area contributed by atoms with Crippen LogP contribution >= 0.6 is 11.8 Å². The number of hydrogen-bond acceptors (Lipinski definition) is 7. The molecule has 0 bridgehead atoms. The largest absolute Gasteiger partial charge is 0.444 e. The lowest BCUT2D eigenvalue weighted by Crippen LogP contribution is -2.58. The number of fused-ring (bicyclic) bond motifs is 1. The number of hydrogen-bond donors (Lipinski definition) is 3. The number of carbonyl (C=O) groups excluding carboxylic acids is 1. The monoisotopic (exact) mass is 425 g/mol. The van der Waals surface area contributed by atoms with Crippen molar-refractivity contribution in [3.63, 3.8) is 0 Å². The number of amides is 1. The smallest absolute Gasteiger partial charge is 0.413 e. The maximum atomic E-state index is 14.9. The van der Waals surface area contributed by atoms with Gasteiger partial charge >= 0.3 is 6.09 Å². The minimum Gasteiger partial charge on any atom is -0.444 e. The molecule has 3 rings (SSSR count). The van der Waals surface area contributed by atoms with Gasteiger partial charge in [-0.05, 0) is 45.4 Å². The fourth-order valence-electron chi connectivity index (χ4n) is 3.82. The fraction of sp³-hybridized carbons (Fsp3) is 0.600. The first-order valence-corrected chi connectivity index (χ1v) is 10.5. The number of aliphatic imine (C=N–C) groups is 1. The standard InChI is InChI=1S/C20H28FN3O4S/c1-18(2,3)28-17(26)23-16-24-20(14-7-12(22)5-6-15(14)21)10-27-13(9-25)8-19(20,4)11-29-16/h5-7,13,25H,8-11,22H2,1-4H3,(H,23,24,26)/t13-,19+,20-/m1/s1. The number of ether oxygens (including phenoxy) is 2. The number of alkyl carbamates (subject to hydrolysis) is 1. The highest BCUT2D eigenvalue weighted by Crippen LogP contribution is 2.55. The van der Waals surface area contributed by atoms with E-state index in [9.17, 15) is 14.3 Å². The zero-order chi connectivity index (χ0) is 21.4. The van der Waals surface area contributed by atoms with E-state index in [1.165, 1.54) is 23.9 Å². The van der Waals surface area contributed by atoms with Gasteiger partial charge in [0.05, 0.1) is 19.3 Å². The summed E-state index contributed by atoms with van der Waals surface area (Å²) >= 11 is 1.37. The van der Waals surface area contributed by atoms with Crippen LogP contribution in [-0.4, -0.2) is 47.0 Å². The van der Waals surface area contributed by atoms with Crippen LogP contribution in [0.25, 0.3) is 0 Å². The van der Waals surface area contributed by atoms with Crippen molar-refractivity contribution in [2.24, 2.45) is 10.4 Å². The highest BCUT2D eigenvalue weighted by atomic mass is 32.2. The Morgan fingerprint density at radius 3 is 2.90 bits per heavy atom. The van der Waals surface area contributed by atoms with Crippen LogP contribution in [0.15, 0.2) is 23.2 Å². The minimum atomic E-state index is -1.09. The summed E-state index contributed by atoms with van der Waals surface area (Å²) < 4.78 is 26.1. The summed E-state index contributed by atoms with van der Waals surface area (Å²) in [4.78, 5) is 17.0. The molecule has 0 unspecified atom stereocenters. The van der Waals surface area contributed by atoms with E-state index in [-0.39, 0.29) is 19.3 Å². The molecule has 7 nitrogen and oxygen atoms in total. The lowest BCUT2D eigenvalue weighted by Gasteiger charge is -2.53. The van der Waals surface area contributed by atoms with E-state index >= 15 is 0 Å². The van der Waals surface area contributed by atoms with E-state index in [0.29, 0.717) is 28.6 Å². The molecule has 0 spiro atoms. The van der Waals surface area contributed by atoms with E-state index in [4.69, 9.17) is 20.2 Å². The second kappa shape index (κ2) is 7.77. The van der Waals surface area contributed by atoms with Crippen LogP contribution in [0.4, 0.5) is 14.9 Å². The van der Waals surface area contributed by atoms with Crippen molar-refractivity contribution >= 4 is 28.7 Å². The molecule has 29 heavy (non-hydrogen) atoms. The molecule has 2 aliphatic rings. The van der Waals surface area contributed by atoms with E-state index < -0.39 is 28.5 Å². The second-order valence-corrected chi connectivity index (χ2v) is 9.78. The topological polar surface area (TPSA) is 106 Å². The summed E-state index contributed by atoms with van der Waals surface area (Å²) in [6.45, 7) is 7.26. The zero-order valence-electron chi connectivity index (χ0n) is 17.1. The predicted molar refractivity (Wildman–Crippen MR) is 111 cm³/mol. The summed E-state index contributed by atoms with van der Waals surface area (Å²) in [5.74, 6) is 0.110. The molecule has 2 heterocycles. The summed E-state index contributed by atoms with van der Waals surface area (Å²) in [6, 6.07) is 4.38. The highest BCUT2D eigenvalue weighted by Gasteiger charge is 2.57. The van der Waals surface area contributed by atoms with Crippen molar-refractivity contribution in [3.8, 4) is 0 Å². The average Bonchev–Trinajstić information content (AvgIpc) is 2.62. The van der Waals surface area contributed by atoms with Crippen LogP contribution in [-0.2, 0) is 15.0 Å². The summed E-state index contributed by atoms with van der Waals surface area (Å²) in [6.07, 6.45) is -0.484. The first-order chi connectivity index (χ1) is 13.5. The molecule has 0 aliphatic carbocycles. The molecule has 1 aromatic rings. The second-order valence-electron chi connectivity index (χ2n) is 8.81. The van der Waals surface area contributed by atoms with E-state index in [1.807, 2.05) is 6.92 Å². The number of anilines is 1. The number of thioether (sulfide) groups is 1. The molecule has 4 N–H and O–H groups in total. The van der Waals surface area contributed by atoms with Crippen LogP contribution in [0.3, 0.4) is 0 Å². The molecule has 1 fully saturated rings. The molecule has 0 aromatic heterocycles. The van der Waals surface area contributed by atoms with Crippen molar-refractivity contribution < 1.29 is 23.8 Å². The maximum absolute atomic E-state index is 14.9. The Kier molecular flexibility index (Phi) is 5.86. The van der Waals surface area contributed by atoms with Crippen molar-refractivity contribution in [3.05, 3.63) is 29.6 Å². The number of aliphatic hydroxyl groups excluding tert-OH is 1. The quantitative estimate of drug-likeness (QED) is 0.629. The zero-order valence-corrected chi connectivity index (χ0v) is 17.9. The van der Waals surface area contributed by atoms with E-state index in [0.717, 1.165) is 0 Å². The highest BCUT2D eigenvalue weighted by molar-refractivity contribution is 8.13. The summed E-state index contributed by atoms with van der Waals surface area (Å²) in [5, 5.41) is 12.6. The molecule has 160 valence electrons. The van der Waals surface area contributed by atoms with Gasteiger partial charge in [0.2, 0.25) is 0 Å². The third-order valence-electron chi connectivity index (χ3n) is 5.27. The van der Waals surface area contributed by atoms with Gasteiger partial charge < -0.3 is 20.3 Å². The lowest BCUT2D eigenvalue weighted by molar-refractivity contribution is -0.111. The summed E-state index contributed by atoms with van der Waals surface area (Å²) in [7, 11) is 0. The third-order valence-corrected chi connectivity index (χ3v) is 6.52. The normalized spacial score (nSPS) is 29.6. The number of nitrogens with zero attached hydrogens (tertiary/aromatic N) is 1. The fourth-order valence-corrected chi connectivity index (χ4v) is 5.00. The Morgan fingerprint density at radius 1 is 1.52 bits per heavy atom. The van der Waals surface area contributed by atoms with E-state index in [2.05, 4.69) is 5.32 Å². The van der Waals surface area contributed by atoms with E-state index in [1.54, 1.807) is 26.8 Å². The van der Waals surface area contributed by atoms with Gasteiger partial charge in [-0.15, -0.1) is 0 Å². The Hall–Kier alpha value is -1.84. The lowest BCUT2D eigenvalue weighted by atomic mass is 9.64. The van der Waals surface area contributed by atoms with Crippen molar-refractivity contribution in [2.75, 3.05) is 24.7 Å². The van der Waals surface area contributed by atoms with Gasteiger partial charge in [-0.1, -0.05) is 18.7 Å². The number of aliphatic hydroxyl groups is 1. The van der Waals surface area contributed by atoms with Crippen LogP contribution in [0.2, 0.25) is 0 Å². The number of nitrogens with two attached hydrogens (primary N) is 1. The molecule has 0 radical (unpaired) electrons. The first-order valence-electron chi connectivity index (χ1n) is 9.49.